The third-order valence-corrected chi connectivity index (χ3v) is 2.29. The third kappa shape index (κ3) is 1.62. The number of aryl methyl sites for hydroxylation is 2. The third-order valence-electron chi connectivity index (χ3n) is 2.29. The molecular formula is C11H14N2O. The quantitative estimate of drug-likeness (QED) is 0.747. The van der Waals surface area contributed by atoms with Crippen molar-refractivity contribution in [3.8, 4) is 0 Å². The van der Waals surface area contributed by atoms with E-state index in [1.54, 1.807) is 6.20 Å². The molecule has 0 fully saturated rings. The molecule has 0 saturated heterocycles. The highest BCUT2D eigenvalue weighted by molar-refractivity contribution is 5.71. The first-order chi connectivity index (χ1) is 6.81. The molecular weight excluding hydrogens is 176 g/mol. The van der Waals surface area contributed by atoms with Gasteiger partial charge in [0.15, 0.2) is 5.89 Å². The molecule has 0 atom stereocenters. The standard InChI is InChI=1S/C11H14N2O/c1-3-4-5-9-13-10-8(2)6-7-12-11(10)14-9/h6-7H,3-5H2,1-2H3. The van der Waals surface area contributed by atoms with Crippen LogP contribution in [0.4, 0.5) is 0 Å². The molecule has 14 heavy (non-hydrogen) atoms. The van der Waals surface area contributed by atoms with Crippen LogP contribution in [0.2, 0.25) is 0 Å². The lowest BCUT2D eigenvalue weighted by Crippen LogP contribution is -1.83. The summed E-state index contributed by atoms with van der Waals surface area (Å²) in [6.45, 7) is 4.18. The van der Waals surface area contributed by atoms with Gasteiger partial charge in [-0.25, -0.2) is 9.97 Å². The first kappa shape index (κ1) is 9.19. The van der Waals surface area contributed by atoms with Crippen LogP contribution < -0.4 is 0 Å². The molecule has 0 bridgehead atoms. The van der Waals surface area contributed by atoms with E-state index in [0.29, 0.717) is 5.71 Å². The molecule has 0 aliphatic carbocycles. The summed E-state index contributed by atoms with van der Waals surface area (Å²) in [5.74, 6) is 0.809. The minimum absolute atomic E-state index is 0.663. The Balaban J connectivity index is 2.36. The number of hydrogen-bond donors (Lipinski definition) is 0. The summed E-state index contributed by atoms with van der Waals surface area (Å²) >= 11 is 0. The van der Waals surface area contributed by atoms with Crippen molar-refractivity contribution in [2.45, 2.75) is 33.1 Å². The number of pyridine rings is 1. The van der Waals surface area contributed by atoms with Gasteiger partial charge in [0.05, 0.1) is 0 Å². The highest BCUT2D eigenvalue weighted by Crippen LogP contribution is 2.17. The molecule has 0 amide bonds. The molecule has 0 radical (unpaired) electrons. The zero-order valence-corrected chi connectivity index (χ0v) is 8.58. The lowest BCUT2D eigenvalue weighted by Gasteiger charge is -1.88. The average Bonchev–Trinajstić information content (AvgIpc) is 2.59. The molecule has 0 spiro atoms. The second-order valence-corrected chi connectivity index (χ2v) is 3.49. The number of oxazole rings is 1. The van der Waals surface area contributed by atoms with Gasteiger partial charge in [-0.15, -0.1) is 0 Å². The van der Waals surface area contributed by atoms with Gasteiger partial charge in [-0.2, -0.15) is 0 Å². The van der Waals surface area contributed by atoms with Crippen LogP contribution in [-0.2, 0) is 6.42 Å². The molecule has 0 saturated carbocycles. The van der Waals surface area contributed by atoms with Gasteiger partial charge in [0.2, 0.25) is 5.71 Å². The Labute approximate surface area is 83.2 Å². The molecule has 0 aliphatic heterocycles. The molecule has 2 aromatic heterocycles. The average molecular weight is 190 g/mol. The summed E-state index contributed by atoms with van der Waals surface area (Å²) in [5, 5.41) is 0. The lowest BCUT2D eigenvalue weighted by molar-refractivity contribution is 0.510. The monoisotopic (exact) mass is 190 g/mol. The number of unbranched alkanes of at least 4 members (excludes halogenated alkanes) is 1. The first-order valence-corrected chi connectivity index (χ1v) is 5.02. The van der Waals surface area contributed by atoms with Crippen LogP contribution in [-0.4, -0.2) is 9.97 Å². The van der Waals surface area contributed by atoms with Gasteiger partial charge < -0.3 is 4.42 Å². The lowest BCUT2D eigenvalue weighted by atomic mass is 10.2. The Bertz CT molecular complexity index is 434. The molecule has 3 heteroatoms. The zero-order chi connectivity index (χ0) is 9.97. The molecule has 74 valence electrons. The molecule has 0 aromatic carbocycles. The summed E-state index contributed by atoms with van der Waals surface area (Å²) in [4.78, 5) is 8.56. The van der Waals surface area contributed by atoms with Crippen molar-refractivity contribution >= 4 is 11.2 Å². The Morgan fingerprint density at radius 1 is 1.43 bits per heavy atom. The van der Waals surface area contributed by atoms with Crippen molar-refractivity contribution in [3.05, 3.63) is 23.7 Å². The predicted molar refractivity (Wildman–Crippen MR) is 55.2 cm³/mol. The van der Waals surface area contributed by atoms with E-state index in [-0.39, 0.29) is 0 Å². The molecule has 3 nitrogen and oxygen atoms in total. The molecule has 0 aliphatic rings. The highest BCUT2D eigenvalue weighted by Gasteiger charge is 2.07. The van der Waals surface area contributed by atoms with Crippen LogP contribution in [0.3, 0.4) is 0 Å². The van der Waals surface area contributed by atoms with Gasteiger partial charge in [-0.1, -0.05) is 13.3 Å². The van der Waals surface area contributed by atoms with E-state index in [2.05, 4.69) is 16.9 Å². The minimum Gasteiger partial charge on any atom is -0.422 e. The molecule has 2 rings (SSSR count). The molecule has 0 N–H and O–H groups in total. The van der Waals surface area contributed by atoms with Gasteiger partial charge in [-0.3, -0.25) is 0 Å². The molecule has 2 heterocycles. The number of aromatic nitrogens is 2. The fourth-order valence-electron chi connectivity index (χ4n) is 1.43. The Morgan fingerprint density at radius 3 is 3.00 bits per heavy atom. The second kappa shape index (κ2) is 3.78. The van der Waals surface area contributed by atoms with E-state index in [1.807, 2.05) is 13.0 Å². The van der Waals surface area contributed by atoms with Crippen molar-refractivity contribution < 1.29 is 4.42 Å². The fourth-order valence-corrected chi connectivity index (χ4v) is 1.43. The zero-order valence-electron chi connectivity index (χ0n) is 8.58. The van der Waals surface area contributed by atoms with Crippen LogP contribution in [0.5, 0.6) is 0 Å². The van der Waals surface area contributed by atoms with Crippen LogP contribution in [0.1, 0.15) is 31.2 Å². The van der Waals surface area contributed by atoms with Gasteiger partial charge in [0, 0.05) is 12.6 Å². The van der Waals surface area contributed by atoms with Crippen LogP contribution in [0.25, 0.3) is 11.2 Å². The predicted octanol–water partition coefficient (Wildman–Crippen LogP) is 2.87. The first-order valence-electron chi connectivity index (χ1n) is 5.02. The molecule has 2 aromatic rings. The summed E-state index contributed by atoms with van der Waals surface area (Å²) in [6, 6.07) is 1.95. The number of nitrogens with zero attached hydrogens (tertiary/aromatic N) is 2. The number of fused-ring (bicyclic) bond motifs is 1. The maximum Gasteiger partial charge on any atom is 0.247 e. The highest BCUT2D eigenvalue weighted by atomic mass is 16.4. The minimum atomic E-state index is 0.663. The topological polar surface area (TPSA) is 38.9 Å². The summed E-state index contributed by atoms with van der Waals surface area (Å²) in [7, 11) is 0. The maximum absolute atomic E-state index is 5.53. The fraction of sp³-hybridized carbons (Fsp3) is 0.455. The van der Waals surface area contributed by atoms with Gasteiger partial charge in [-0.05, 0) is 25.0 Å². The second-order valence-electron chi connectivity index (χ2n) is 3.49. The van der Waals surface area contributed by atoms with E-state index in [1.165, 1.54) is 0 Å². The van der Waals surface area contributed by atoms with Crippen molar-refractivity contribution in [1.29, 1.82) is 0 Å². The van der Waals surface area contributed by atoms with E-state index in [0.717, 1.165) is 36.2 Å². The number of hydrogen-bond acceptors (Lipinski definition) is 3. The Morgan fingerprint density at radius 2 is 2.29 bits per heavy atom. The number of rotatable bonds is 3. The summed E-state index contributed by atoms with van der Waals surface area (Å²) in [6.07, 6.45) is 4.94. The van der Waals surface area contributed by atoms with Crippen LogP contribution >= 0.6 is 0 Å². The van der Waals surface area contributed by atoms with Gasteiger partial charge in [0.25, 0.3) is 0 Å². The smallest absolute Gasteiger partial charge is 0.247 e. The van der Waals surface area contributed by atoms with Crippen LogP contribution in [0.15, 0.2) is 16.7 Å². The van der Waals surface area contributed by atoms with Crippen LogP contribution in [0, 0.1) is 6.92 Å². The van der Waals surface area contributed by atoms with Crippen molar-refractivity contribution in [1.82, 2.24) is 9.97 Å². The Kier molecular flexibility index (Phi) is 2.48. The maximum atomic E-state index is 5.53. The van der Waals surface area contributed by atoms with E-state index in [9.17, 15) is 0 Å². The largest absolute Gasteiger partial charge is 0.422 e. The van der Waals surface area contributed by atoms with Crippen molar-refractivity contribution in [2.24, 2.45) is 0 Å². The summed E-state index contributed by atoms with van der Waals surface area (Å²) < 4.78 is 5.53. The van der Waals surface area contributed by atoms with Crippen molar-refractivity contribution in [2.75, 3.05) is 0 Å². The Hall–Kier alpha value is -1.38. The summed E-state index contributed by atoms with van der Waals surface area (Å²) in [5.41, 5.74) is 2.69. The van der Waals surface area contributed by atoms with E-state index < -0.39 is 0 Å². The van der Waals surface area contributed by atoms with E-state index in [4.69, 9.17) is 4.42 Å². The molecule has 0 unspecified atom stereocenters. The normalized spacial score (nSPS) is 11.0. The van der Waals surface area contributed by atoms with E-state index >= 15 is 0 Å². The van der Waals surface area contributed by atoms with Gasteiger partial charge >= 0.3 is 0 Å². The van der Waals surface area contributed by atoms with Crippen molar-refractivity contribution in [3.63, 3.8) is 0 Å². The SMILES string of the molecule is CCCCc1nc2c(C)ccnc2o1. The van der Waals surface area contributed by atoms with Gasteiger partial charge in [0.1, 0.15) is 5.52 Å².